The summed E-state index contributed by atoms with van der Waals surface area (Å²) in [6, 6.07) is 7.88. The van der Waals surface area contributed by atoms with Crippen LogP contribution in [0.2, 0.25) is 0 Å². The first-order valence-electron chi connectivity index (χ1n) is 7.70. The molecule has 1 unspecified atom stereocenters. The van der Waals surface area contributed by atoms with Gasteiger partial charge in [-0.3, -0.25) is 0 Å². The second kappa shape index (κ2) is 5.49. The molecular weight excluding hydrogens is 234 g/mol. The summed E-state index contributed by atoms with van der Waals surface area (Å²) in [6.45, 7) is 6.72. The van der Waals surface area contributed by atoms with Crippen LogP contribution >= 0.6 is 0 Å². The fraction of sp³-hybridized carbons (Fsp3) is 0.688. The Bertz CT molecular complexity index is 426. The van der Waals surface area contributed by atoms with E-state index in [1.807, 2.05) is 0 Å². The molecule has 0 bridgehead atoms. The second-order valence-electron chi connectivity index (χ2n) is 6.29. The predicted molar refractivity (Wildman–Crippen MR) is 79.3 cm³/mol. The molecule has 1 saturated carbocycles. The number of pyridine rings is 1. The van der Waals surface area contributed by atoms with E-state index in [0.29, 0.717) is 12.0 Å². The van der Waals surface area contributed by atoms with Gasteiger partial charge in [0.05, 0.1) is 5.69 Å². The molecule has 0 radical (unpaired) electrons. The van der Waals surface area contributed by atoms with E-state index < -0.39 is 0 Å². The highest BCUT2D eigenvalue weighted by molar-refractivity contribution is 5.42. The number of hydrogen-bond acceptors (Lipinski definition) is 3. The first kappa shape index (κ1) is 12.9. The van der Waals surface area contributed by atoms with Gasteiger partial charge in [0.15, 0.2) is 0 Å². The summed E-state index contributed by atoms with van der Waals surface area (Å²) < 4.78 is 0. The van der Waals surface area contributed by atoms with Crippen molar-refractivity contribution in [2.45, 2.75) is 58.2 Å². The lowest BCUT2D eigenvalue weighted by Crippen LogP contribution is -2.34. The molecule has 3 rings (SSSR count). The Morgan fingerprint density at radius 1 is 1.32 bits per heavy atom. The lowest BCUT2D eigenvalue weighted by molar-refractivity contribution is 0.489. The Morgan fingerprint density at radius 2 is 2.16 bits per heavy atom. The molecule has 1 atom stereocenters. The summed E-state index contributed by atoms with van der Waals surface area (Å²) >= 11 is 0. The maximum atomic E-state index is 4.85. The van der Waals surface area contributed by atoms with Gasteiger partial charge in [-0.25, -0.2) is 4.98 Å². The van der Waals surface area contributed by atoms with Crippen molar-refractivity contribution >= 4 is 5.82 Å². The minimum Gasteiger partial charge on any atom is -0.353 e. The Kier molecular flexibility index (Phi) is 3.74. The minimum atomic E-state index is 0.666. The Morgan fingerprint density at radius 3 is 2.89 bits per heavy atom. The van der Waals surface area contributed by atoms with Gasteiger partial charge in [0, 0.05) is 25.2 Å². The van der Waals surface area contributed by atoms with Crippen molar-refractivity contribution in [1.82, 2.24) is 10.3 Å². The zero-order valence-corrected chi connectivity index (χ0v) is 12.1. The third kappa shape index (κ3) is 3.08. The molecule has 0 amide bonds. The van der Waals surface area contributed by atoms with Crippen LogP contribution in [0.1, 0.15) is 45.2 Å². The Hall–Kier alpha value is -1.09. The van der Waals surface area contributed by atoms with Crippen LogP contribution in [0.3, 0.4) is 0 Å². The van der Waals surface area contributed by atoms with Gasteiger partial charge in [0.1, 0.15) is 5.82 Å². The topological polar surface area (TPSA) is 28.2 Å². The molecule has 2 heterocycles. The summed E-state index contributed by atoms with van der Waals surface area (Å²) in [5.41, 5.74) is 1.18. The molecule has 1 aromatic heterocycles. The van der Waals surface area contributed by atoms with E-state index in [1.54, 1.807) is 0 Å². The van der Waals surface area contributed by atoms with Crippen molar-refractivity contribution in [2.24, 2.45) is 5.92 Å². The number of anilines is 1. The molecule has 2 fully saturated rings. The molecule has 3 nitrogen and oxygen atoms in total. The van der Waals surface area contributed by atoms with Crippen molar-refractivity contribution in [2.75, 3.05) is 11.4 Å². The van der Waals surface area contributed by atoms with Crippen LogP contribution in [0.15, 0.2) is 18.2 Å². The predicted octanol–water partition coefficient (Wildman–Crippen LogP) is 2.96. The molecule has 1 aliphatic carbocycles. The number of hydrogen-bond donors (Lipinski definition) is 1. The maximum Gasteiger partial charge on any atom is 0.129 e. The molecule has 104 valence electrons. The van der Waals surface area contributed by atoms with Crippen LogP contribution in [0.4, 0.5) is 5.82 Å². The van der Waals surface area contributed by atoms with Crippen molar-refractivity contribution in [3.05, 3.63) is 23.9 Å². The molecule has 0 spiro atoms. The molecule has 1 aromatic rings. The van der Waals surface area contributed by atoms with E-state index >= 15 is 0 Å². The van der Waals surface area contributed by atoms with Gasteiger partial charge in [-0.15, -0.1) is 0 Å². The van der Waals surface area contributed by atoms with Crippen molar-refractivity contribution < 1.29 is 0 Å². The van der Waals surface area contributed by atoms with Gasteiger partial charge < -0.3 is 10.2 Å². The third-order valence-electron chi connectivity index (χ3n) is 4.30. The van der Waals surface area contributed by atoms with Gasteiger partial charge in [-0.1, -0.05) is 19.9 Å². The highest BCUT2D eigenvalue weighted by Gasteiger charge is 2.28. The van der Waals surface area contributed by atoms with E-state index in [4.69, 9.17) is 4.98 Å². The van der Waals surface area contributed by atoms with E-state index in [-0.39, 0.29) is 0 Å². The van der Waals surface area contributed by atoms with Gasteiger partial charge >= 0.3 is 0 Å². The average Bonchev–Trinajstić information content (AvgIpc) is 3.10. The van der Waals surface area contributed by atoms with Crippen LogP contribution in [0.25, 0.3) is 0 Å². The molecule has 19 heavy (non-hydrogen) atoms. The molecule has 1 N–H and O–H groups in total. The SMILES string of the molecule is CC(C)C1CCCN1c1cccc(CNC2CC2)n1. The van der Waals surface area contributed by atoms with Crippen molar-refractivity contribution in [3.8, 4) is 0 Å². The Labute approximate surface area is 116 Å². The maximum absolute atomic E-state index is 4.85. The smallest absolute Gasteiger partial charge is 0.129 e. The van der Waals surface area contributed by atoms with E-state index in [2.05, 4.69) is 42.3 Å². The lowest BCUT2D eigenvalue weighted by Gasteiger charge is -2.29. The van der Waals surface area contributed by atoms with E-state index in [9.17, 15) is 0 Å². The monoisotopic (exact) mass is 259 g/mol. The average molecular weight is 259 g/mol. The van der Waals surface area contributed by atoms with E-state index in [1.165, 1.54) is 37.2 Å². The zero-order valence-electron chi connectivity index (χ0n) is 12.1. The molecule has 1 aliphatic heterocycles. The molecule has 0 aromatic carbocycles. The summed E-state index contributed by atoms with van der Waals surface area (Å²) in [5, 5.41) is 3.54. The van der Waals surface area contributed by atoms with Crippen LogP contribution in [-0.4, -0.2) is 23.6 Å². The number of rotatable bonds is 5. The highest BCUT2D eigenvalue weighted by Crippen LogP contribution is 2.28. The summed E-state index contributed by atoms with van der Waals surface area (Å²) in [7, 11) is 0. The Balaban J connectivity index is 1.70. The number of nitrogens with one attached hydrogen (secondary N) is 1. The number of nitrogens with zero attached hydrogens (tertiary/aromatic N) is 2. The quantitative estimate of drug-likeness (QED) is 0.881. The standard InChI is InChI=1S/C16H25N3/c1-12(2)15-6-4-10-19(15)16-7-3-5-14(18-16)11-17-13-8-9-13/h3,5,7,12-13,15,17H,4,6,8-11H2,1-2H3. The van der Waals surface area contributed by atoms with Crippen molar-refractivity contribution in [3.63, 3.8) is 0 Å². The zero-order chi connectivity index (χ0) is 13.2. The van der Waals surface area contributed by atoms with Crippen LogP contribution in [-0.2, 0) is 6.54 Å². The fourth-order valence-electron chi connectivity index (χ4n) is 3.03. The molecule has 2 aliphatic rings. The molecule has 3 heteroatoms. The van der Waals surface area contributed by atoms with Gasteiger partial charge in [0.2, 0.25) is 0 Å². The fourth-order valence-corrected chi connectivity index (χ4v) is 3.03. The summed E-state index contributed by atoms with van der Waals surface area (Å²) in [4.78, 5) is 7.36. The molecular formula is C16H25N3. The first-order chi connectivity index (χ1) is 9.24. The van der Waals surface area contributed by atoms with Crippen molar-refractivity contribution in [1.29, 1.82) is 0 Å². The van der Waals surface area contributed by atoms with Crippen LogP contribution in [0, 0.1) is 5.92 Å². The third-order valence-corrected chi connectivity index (χ3v) is 4.30. The first-order valence-corrected chi connectivity index (χ1v) is 7.70. The highest BCUT2D eigenvalue weighted by atomic mass is 15.2. The van der Waals surface area contributed by atoms with Crippen LogP contribution in [0.5, 0.6) is 0 Å². The minimum absolute atomic E-state index is 0.666. The molecule has 1 saturated heterocycles. The largest absolute Gasteiger partial charge is 0.353 e. The van der Waals surface area contributed by atoms with Gasteiger partial charge in [-0.05, 0) is 43.7 Å². The van der Waals surface area contributed by atoms with E-state index in [0.717, 1.165) is 19.1 Å². The number of aromatic nitrogens is 1. The summed E-state index contributed by atoms with van der Waals surface area (Å²) in [5.74, 6) is 1.88. The summed E-state index contributed by atoms with van der Waals surface area (Å²) in [6.07, 6.45) is 5.28. The van der Waals surface area contributed by atoms with Gasteiger partial charge in [0.25, 0.3) is 0 Å². The lowest BCUT2D eigenvalue weighted by atomic mass is 10.0. The normalized spacial score (nSPS) is 23.3. The van der Waals surface area contributed by atoms with Gasteiger partial charge in [-0.2, -0.15) is 0 Å². The second-order valence-corrected chi connectivity index (χ2v) is 6.29. The van der Waals surface area contributed by atoms with Crippen LogP contribution < -0.4 is 10.2 Å².